The second-order valence-electron chi connectivity index (χ2n) is 7.20. The van der Waals surface area contributed by atoms with Crippen LogP contribution in [0.3, 0.4) is 0 Å². The summed E-state index contributed by atoms with van der Waals surface area (Å²) < 4.78 is 38.0. The van der Waals surface area contributed by atoms with E-state index >= 15 is 0 Å². The predicted octanol–water partition coefficient (Wildman–Crippen LogP) is 2.67. The van der Waals surface area contributed by atoms with Crippen molar-refractivity contribution >= 4 is 16.0 Å². The number of aromatic nitrogens is 1. The van der Waals surface area contributed by atoms with Crippen molar-refractivity contribution in [2.45, 2.75) is 43.8 Å². The third kappa shape index (κ3) is 5.62. The molecule has 0 unspecified atom stereocenters. The largest absolute Gasteiger partial charge is 0.462 e. The number of carbonyl (C=O) groups is 1. The van der Waals surface area contributed by atoms with Crippen molar-refractivity contribution in [1.82, 2.24) is 9.29 Å². The molecular formula is C21H26N2O5S. The summed E-state index contributed by atoms with van der Waals surface area (Å²) in [5.74, 6) is -0.464. The number of hydrogen-bond acceptors (Lipinski definition) is 6. The smallest absolute Gasteiger partial charge is 0.338 e. The first-order valence-electron chi connectivity index (χ1n) is 9.68. The zero-order valence-corrected chi connectivity index (χ0v) is 17.5. The molecule has 2 heterocycles. The van der Waals surface area contributed by atoms with E-state index in [4.69, 9.17) is 9.47 Å². The van der Waals surface area contributed by atoms with Gasteiger partial charge < -0.3 is 9.47 Å². The molecule has 1 aromatic carbocycles. The topological polar surface area (TPSA) is 85.8 Å². The summed E-state index contributed by atoms with van der Waals surface area (Å²) in [6.45, 7) is 4.62. The van der Waals surface area contributed by atoms with Gasteiger partial charge in [-0.15, -0.1) is 0 Å². The van der Waals surface area contributed by atoms with Crippen LogP contribution in [0.1, 0.15) is 36.2 Å². The number of carbonyl (C=O) groups excluding carboxylic acids is 1. The molecule has 0 aliphatic carbocycles. The molecule has 0 bridgehead atoms. The minimum absolute atomic E-state index is 0.158. The van der Waals surface area contributed by atoms with E-state index in [-0.39, 0.29) is 23.7 Å². The number of aryl methyl sites for hydroxylation is 1. The number of ether oxygens (including phenoxy) is 2. The quantitative estimate of drug-likeness (QED) is 0.508. The molecule has 0 spiro atoms. The highest BCUT2D eigenvalue weighted by Crippen LogP contribution is 2.21. The normalized spacial score (nSPS) is 20.3. The monoisotopic (exact) mass is 418 g/mol. The van der Waals surface area contributed by atoms with Crippen LogP contribution in [-0.4, -0.2) is 55.6 Å². The highest BCUT2D eigenvalue weighted by atomic mass is 32.2. The van der Waals surface area contributed by atoms with Crippen LogP contribution in [-0.2, 0) is 25.9 Å². The minimum atomic E-state index is -3.63. The van der Waals surface area contributed by atoms with Crippen LogP contribution in [0.25, 0.3) is 0 Å². The molecule has 1 aliphatic heterocycles. The van der Waals surface area contributed by atoms with E-state index in [2.05, 4.69) is 4.98 Å². The molecule has 3 rings (SSSR count). The highest BCUT2D eigenvalue weighted by Gasteiger charge is 2.32. The van der Waals surface area contributed by atoms with Crippen LogP contribution < -0.4 is 0 Å². The van der Waals surface area contributed by atoms with E-state index in [0.717, 1.165) is 12.0 Å². The number of nitrogens with zero attached hydrogens (tertiary/aromatic N) is 2. The third-order valence-electron chi connectivity index (χ3n) is 4.68. The minimum Gasteiger partial charge on any atom is -0.462 e. The van der Waals surface area contributed by atoms with Gasteiger partial charge in [-0.1, -0.05) is 6.07 Å². The van der Waals surface area contributed by atoms with Gasteiger partial charge in [0.15, 0.2) is 0 Å². The van der Waals surface area contributed by atoms with Crippen molar-refractivity contribution < 1.29 is 22.7 Å². The molecule has 7 nitrogen and oxygen atoms in total. The fraction of sp³-hybridized carbons (Fsp3) is 0.429. The predicted molar refractivity (Wildman–Crippen MR) is 108 cm³/mol. The number of benzene rings is 1. The molecular weight excluding hydrogens is 392 g/mol. The maximum atomic E-state index is 12.9. The number of hydrogen-bond donors (Lipinski definition) is 0. The van der Waals surface area contributed by atoms with Gasteiger partial charge >= 0.3 is 5.97 Å². The molecule has 2 aromatic rings. The van der Waals surface area contributed by atoms with Crippen LogP contribution in [0.15, 0.2) is 53.7 Å². The van der Waals surface area contributed by atoms with Gasteiger partial charge in [-0.3, -0.25) is 4.98 Å². The Morgan fingerprint density at radius 2 is 1.86 bits per heavy atom. The van der Waals surface area contributed by atoms with Gasteiger partial charge in [-0.25, -0.2) is 13.2 Å². The van der Waals surface area contributed by atoms with E-state index < -0.39 is 16.0 Å². The molecule has 0 saturated carbocycles. The molecule has 8 heteroatoms. The van der Waals surface area contributed by atoms with Gasteiger partial charge in [0.25, 0.3) is 0 Å². The Balaban J connectivity index is 1.55. The molecule has 1 fully saturated rings. The molecule has 0 N–H and O–H groups in total. The number of esters is 1. The van der Waals surface area contributed by atoms with E-state index in [0.29, 0.717) is 25.1 Å². The van der Waals surface area contributed by atoms with Gasteiger partial charge in [-0.2, -0.15) is 4.31 Å². The highest BCUT2D eigenvalue weighted by molar-refractivity contribution is 7.89. The van der Waals surface area contributed by atoms with Crippen molar-refractivity contribution in [3.05, 3.63) is 59.9 Å². The maximum absolute atomic E-state index is 12.9. The second kappa shape index (κ2) is 9.47. The van der Waals surface area contributed by atoms with Crippen LogP contribution in [0.4, 0.5) is 0 Å². The lowest BCUT2D eigenvalue weighted by Crippen LogP contribution is -2.48. The van der Waals surface area contributed by atoms with Crippen molar-refractivity contribution in [3.8, 4) is 0 Å². The van der Waals surface area contributed by atoms with Crippen molar-refractivity contribution in [1.29, 1.82) is 0 Å². The van der Waals surface area contributed by atoms with Gasteiger partial charge in [0.2, 0.25) is 10.0 Å². The Kier molecular flexibility index (Phi) is 7.00. The summed E-state index contributed by atoms with van der Waals surface area (Å²) in [5.41, 5.74) is 1.42. The Labute approximate surface area is 171 Å². The number of rotatable bonds is 7. The number of sulfonamides is 1. The second-order valence-corrected chi connectivity index (χ2v) is 9.14. The summed E-state index contributed by atoms with van der Waals surface area (Å²) in [4.78, 5) is 16.4. The fourth-order valence-electron chi connectivity index (χ4n) is 3.31. The summed E-state index contributed by atoms with van der Waals surface area (Å²) in [5, 5.41) is 0. The Bertz CT molecular complexity index is 906. The maximum Gasteiger partial charge on any atom is 0.338 e. The first-order chi connectivity index (χ1) is 13.9. The van der Waals surface area contributed by atoms with Gasteiger partial charge in [-0.05, 0) is 62.6 Å². The van der Waals surface area contributed by atoms with Gasteiger partial charge in [0, 0.05) is 25.5 Å². The molecule has 0 radical (unpaired) electrons. The van der Waals surface area contributed by atoms with Crippen molar-refractivity contribution in [2.24, 2.45) is 0 Å². The summed E-state index contributed by atoms with van der Waals surface area (Å²) in [6.07, 6.45) is 4.65. The average Bonchev–Trinajstić information content (AvgIpc) is 2.71. The van der Waals surface area contributed by atoms with Gasteiger partial charge in [0.1, 0.15) is 0 Å². The van der Waals surface area contributed by atoms with E-state index in [1.54, 1.807) is 12.4 Å². The zero-order valence-electron chi connectivity index (χ0n) is 16.7. The van der Waals surface area contributed by atoms with Crippen LogP contribution >= 0.6 is 0 Å². The van der Waals surface area contributed by atoms with E-state index in [1.165, 1.54) is 28.6 Å². The third-order valence-corrected chi connectivity index (χ3v) is 6.53. The van der Waals surface area contributed by atoms with Crippen LogP contribution in [0.5, 0.6) is 0 Å². The van der Waals surface area contributed by atoms with Crippen molar-refractivity contribution in [3.63, 3.8) is 0 Å². The number of pyridine rings is 1. The molecule has 29 heavy (non-hydrogen) atoms. The Hall–Kier alpha value is -2.29. The molecule has 1 saturated heterocycles. The lowest BCUT2D eigenvalue weighted by atomic mass is 10.2. The molecule has 0 amide bonds. The molecule has 2 atom stereocenters. The summed E-state index contributed by atoms with van der Waals surface area (Å²) >= 11 is 0. The molecule has 1 aliphatic rings. The first kappa shape index (κ1) is 21.4. The Morgan fingerprint density at radius 1 is 1.17 bits per heavy atom. The number of morpholine rings is 1. The fourth-order valence-corrected chi connectivity index (χ4v) is 4.90. The van der Waals surface area contributed by atoms with Crippen LogP contribution in [0.2, 0.25) is 0 Å². The first-order valence-corrected chi connectivity index (χ1v) is 11.1. The summed E-state index contributed by atoms with van der Waals surface area (Å²) in [7, 11) is -3.63. The van der Waals surface area contributed by atoms with Gasteiger partial charge in [0.05, 0.1) is 29.3 Å². The van der Waals surface area contributed by atoms with E-state index in [1.807, 2.05) is 26.0 Å². The van der Waals surface area contributed by atoms with Crippen LogP contribution in [0, 0.1) is 0 Å². The SMILES string of the molecule is C[C@@H]1CN(S(=O)(=O)c2ccc(C(=O)OCCCc3cccnc3)cc2)C[C@H](C)O1. The summed E-state index contributed by atoms with van der Waals surface area (Å²) in [6, 6.07) is 9.73. The molecule has 1 aromatic heterocycles. The Morgan fingerprint density at radius 3 is 2.48 bits per heavy atom. The average molecular weight is 419 g/mol. The molecule has 156 valence electrons. The zero-order chi connectivity index (χ0) is 20.9. The standard InChI is InChI=1S/C21H26N2O5S/c1-16-14-23(15-17(2)28-16)29(25,26)20-9-7-19(8-10-20)21(24)27-12-4-6-18-5-3-11-22-13-18/h3,5,7-11,13,16-17H,4,6,12,14-15H2,1-2H3/t16-,17+. The van der Waals surface area contributed by atoms with E-state index in [9.17, 15) is 13.2 Å². The lowest BCUT2D eigenvalue weighted by Gasteiger charge is -2.34. The lowest BCUT2D eigenvalue weighted by molar-refractivity contribution is -0.0440. The van der Waals surface area contributed by atoms with Crippen molar-refractivity contribution in [2.75, 3.05) is 19.7 Å².